The lowest BCUT2D eigenvalue weighted by atomic mass is 10.1. The average Bonchev–Trinajstić information content (AvgIpc) is 3.10. The van der Waals surface area contributed by atoms with Gasteiger partial charge in [-0.2, -0.15) is 5.26 Å². The van der Waals surface area contributed by atoms with Gasteiger partial charge < -0.3 is 0 Å². The van der Waals surface area contributed by atoms with Crippen molar-refractivity contribution in [2.45, 2.75) is 23.8 Å². The van der Waals surface area contributed by atoms with Gasteiger partial charge in [0.1, 0.15) is 11.1 Å². The van der Waals surface area contributed by atoms with E-state index in [-0.39, 0.29) is 0 Å². The van der Waals surface area contributed by atoms with Crippen LogP contribution in [0.25, 0.3) is 0 Å². The van der Waals surface area contributed by atoms with E-state index in [2.05, 4.69) is 4.98 Å². The first kappa shape index (κ1) is 10.2. The molecule has 76 valence electrons. The Bertz CT molecular complexity index is 447. The number of hydrogen-bond acceptors (Lipinski definition) is 4. The Labute approximate surface area is 92.5 Å². The molecular weight excluding hydrogens is 208 g/mol. The first-order valence-electron chi connectivity index (χ1n) is 4.74. The minimum absolute atomic E-state index is 0.405. The number of nitriles is 1. The largest absolute Gasteiger partial charge is 0.298 e. The SMILES string of the molecule is CSc1nc(C2CC2)cc(C=O)c1C#N. The van der Waals surface area contributed by atoms with Crippen LogP contribution in [0.4, 0.5) is 0 Å². The second-order valence-electron chi connectivity index (χ2n) is 3.52. The quantitative estimate of drug-likeness (QED) is 0.577. The Morgan fingerprint density at radius 1 is 1.67 bits per heavy atom. The molecule has 0 atom stereocenters. The Hall–Kier alpha value is -1.34. The molecule has 0 spiro atoms. The fraction of sp³-hybridized carbons (Fsp3) is 0.364. The van der Waals surface area contributed by atoms with Crippen molar-refractivity contribution in [3.63, 3.8) is 0 Å². The summed E-state index contributed by atoms with van der Waals surface area (Å²) in [6.45, 7) is 0. The molecule has 1 aliphatic carbocycles. The summed E-state index contributed by atoms with van der Waals surface area (Å²) >= 11 is 1.42. The van der Waals surface area contributed by atoms with Crippen LogP contribution in [0.3, 0.4) is 0 Å². The molecule has 1 saturated carbocycles. The van der Waals surface area contributed by atoms with Crippen LogP contribution >= 0.6 is 11.8 Å². The van der Waals surface area contributed by atoms with E-state index in [1.807, 2.05) is 12.3 Å². The summed E-state index contributed by atoms with van der Waals surface area (Å²) in [4.78, 5) is 15.3. The highest BCUT2D eigenvalue weighted by Gasteiger charge is 2.26. The van der Waals surface area contributed by atoms with Crippen molar-refractivity contribution in [1.29, 1.82) is 5.26 Å². The van der Waals surface area contributed by atoms with Crippen molar-refractivity contribution in [3.8, 4) is 6.07 Å². The Morgan fingerprint density at radius 3 is 2.87 bits per heavy atom. The van der Waals surface area contributed by atoms with Gasteiger partial charge in [-0.3, -0.25) is 4.79 Å². The van der Waals surface area contributed by atoms with Crippen LogP contribution in [0.5, 0.6) is 0 Å². The number of aromatic nitrogens is 1. The molecule has 1 heterocycles. The molecule has 2 rings (SSSR count). The van der Waals surface area contributed by atoms with Gasteiger partial charge in [0.15, 0.2) is 6.29 Å². The fourth-order valence-electron chi connectivity index (χ4n) is 1.50. The van der Waals surface area contributed by atoms with E-state index >= 15 is 0 Å². The fourth-order valence-corrected chi connectivity index (χ4v) is 2.07. The third-order valence-electron chi connectivity index (χ3n) is 2.46. The number of nitrogens with zero attached hydrogens (tertiary/aromatic N) is 2. The predicted octanol–water partition coefficient (Wildman–Crippen LogP) is 2.37. The summed E-state index contributed by atoms with van der Waals surface area (Å²) < 4.78 is 0. The smallest absolute Gasteiger partial charge is 0.151 e. The van der Waals surface area contributed by atoms with Crippen LogP contribution in [0.15, 0.2) is 11.1 Å². The standard InChI is InChI=1S/C11H10N2OS/c1-15-11-9(5-12)8(6-14)4-10(13-11)7-2-3-7/h4,6-7H,2-3H2,1H3. The van der Waals surface area contributed by atoms with Crippen molar-refractivity contribution in [1.82, 2.24) is 4.98 Å². The van der Waals surface area contributed by atoms with Crippen LogP contribution < -0.4 is 0 Å². The minimum Gasteiger partial charge on any atom is -0.298 e. The summed E-state index contributed by atoms with van der Waals surface area (Å²) in [5.74, 6) is 0.502. The molecule has 0 unspecified atom stereocenters. The lowest BCUT2D eigenvalue weighted by Gasteiger charge is -2.05. The molecule has 1 aromatic heterocycles. The summed E-state index contributed by atoms with van der Waals surface area (Å²) in [5.41, 5.74) is 1.83. The van der Waals surface area contributed by atoms with Gasteiger partial charge in [0.05, 0.1) is 5.56 Å². The van der Waals surface area contributed by atoms with Gasteiger partial charge in [0.25, 0.3) is 0 Å². The highest BCUT2D eigenvalue weighted by Crippen LogP contribution is 2.40. The molecule has 0 radical (unpaired) electrons. The molecule has 0 aliphatic heterocycles. The molecule has 1 aromatic rings. The van der Waals surface area contributed by atoms with Crippen molar-refractivity contribution in [2.75, 3.05) is 6.26 Å². The number of pyridine rings is 1. The van der Waals surface area contributed by atoms with Crippen molar-refractivity contribution < 1.29 is 4.79 Å². The molecule has 4 heteroatoms. The molecule has 1 aliphatic rings. The second-order valence-corrected chi connectivity index (χ2v) is 4.32. The van der Waals surface area contributed by atoms with E-state index in [1.165, 1.54) is 11.8 Å². The molecule has 1 fully saturated rings. The molecule has 0 aromatic carbocycles. The lowest BCUT2D eigenvalue weighted by molar-refractivity contribution is 0.112. The number of aldehydes is 1. The van der Waals surface area contributed by atoms with E-state index in [1.54, 1.807) is 6.07 Å². The molecule has 0 saturated heterocycles. The van der Waals surface area contributed by atoms with E-state index in [0.29, 0.717) is 22.1 Å². The molecule has 0 bridgehead atoms. The van der Waals surface area contributed by atoms with Crippen molar-refractivity contribution in [3.05, 3.63) is 22.9 Å². The monoisotopic (exact) mass is 218 g/mol. The maximum atomic E-state index is 10.9. The van der Waals surface area contributed by atoms with Crippen LogP contribution in [0.1, 0.15) is 40.4 Å². The van der Waals surface area contributed by atoms with Gasteiger partial charge in [-0.05, 0) is 25.2 Å². The first-order chi connectivity index (χ1) is 7.30. The van der Waals surface area contributed by atoms with E-state index in [9.17, 15) is 4.79 Å². The van der Waals surface area contributed by atoms with Gasteiger partial charge in [0, 0.05) is 17.2 Å². The summed E-state index contributed by atoms with van der Waals surface area (Å²) in [6.07, 6.45) is 4.90. The minimum atomic E-state index is 0.405. The van der Waals surface area contributed by atoms with Crippen molar-refractivity contribution in [2.24, 2.45) is 0 Å². The zero-order valence-corrected chi connectivity index (χ0v) is 9.17. The summed E-state index contributed by atoms with van der Waals surface area (Å²) in [5, 5.41) is 9.61. The molecular formula is C11H10N2OS. The predicted molar refractivity (Wildman–Crippen MR) is 58.1 cm³/mol. The number of carbonyl (C=O) groups is 1. The Morgan fingerprint density at radius 2 is 2.40 bits per heavy atom. The zero-order chi connectivity index (χ0) is 10.8. The van der Waals surface area contributed by atoms with Crippen LogP contribution in [0.2, 0.25) is 0 Å². The Kier molecular flexibility index (Phi) is 2.74. The molecule has 3 nitrogen and oxygen atoms in total. The topological polar surface area (TPSA) is 53.8 Å². The number of thioether (sulfide) groups is 1. The van der Waals surface area contributed by atoms with Crippen LogP contribution in [-0.2, 0) is 0 Å². The van der Waals surface area contributed by atoms with Gasteiger partial charge in [-0.25, -0.2) is 4.98 Å². The number of hydrogen-bond donors (Lipinski definition) is 0. The van der Waals surface area contributed by atoms with Crippen LogP contribution in [-0.4, -0.2) is 17.5 Å². The van der Waals surface area contributed by atoms with E-state index in [0.717, 1.165) is 24.8 Å². The van der Waals surface area contributed by atoms with Gasteiger partial charge in [-0.15, -0.1) is 11.8 Å². The average molecular weight is 218 g/mol. The summed E-state index contributed by atoms with van der Waals surface area (Å²) in [7, 11) is 0. The third-order valence-corrected chi connectivity index (χ3v) is 3.15. The second kappa shape index (κ2) is 4.03. The van der Waals surface area contributed by atoms with Crippen LogP contribution in [0, 0.1) is 11.3 Å². The van der Waals surface area contributed by atoms with E-state index < -0.39 is 0 Å². The number of rotatable bonds is 3. The first-order valence-corrected chi connectivity index (χ1v) is 5.96. The van der Waals surface area contributed by atoms with Gasteiger partial charge in [-0.1, -0.05) is 0 Å². The number of carbonyl (C=O) groups excluding carboxylic acids is 1. The van der Waals surface area contributed by atoms with Crippen molar-refractivity contribution >= 4 is 18.0 Å². The van der Waals surface area contributed by atoms with E-state index in [4.69, 9.17) is 5.26 Å². The van der Waals surface area contributed by atoms with Gasteiger partial charge >= 0.3 is 0 Å². The normalized spacial score (nSPS) is 14.7. The lowest BCUT2D eigenvalue weighted by Crippen LogP contribution is -1.98. The Balaban J connectivity index is 2.56. The molecule has 15 heavy (non-hydrogen) atoms. The highest BCUT2D eigenvalue weighted by molar-refractivity contribution is 7.98. The summed E-state index contributed by atoms with van der Waals surface area (Å²) in [6, 6.07) is 3.79. The molecule has 0 N–H and O–H groups in total. The maximum absolute atomic E-state index is 10.9. The third kappa shape index (κ3) is 1.88. The highest BCUT2D eigenvalue weighted by atomic mass is 32.2. The zero-order valence-electron chi connectivity index (χ0n) is 8.36. The van der Waals surface area contributed by atoms with Gasteiger partial charge in [0.2, 0.25) is 0 Å². The maximum Gasteiger partial charge on any atom is 0.151 e. The molecule has 0 amide bonds.